The largest absolute Gasteiger partial charge is 0.444 e. The zero-order valence-electron chi connectivity index (χ0n) is 19.8. The van der Waals surface area contributed by atoms with Gasteiger partial charge in [0, 0.05) is 50.5 Å². The number of rotatable bonds is 5. The van der Waals surface area contributed by atoms with E-state index in [0.29, 0.717) is 25.9 Å². The van der Waals surface area contributed by atoms with Crippen LogP contribution in [-0.4, -0.2) is 67.2 Å². The van der Waals surface area contributed by atoms with Gasteiger partial charge in [-0.2, -0.15) is 0 Å². The molecule has 0 spiro atoms. The first kappa shape index (κ1) is 26.1. The number of piperidine rings is 2. The number of ether oxygens (including phenoxy) is 1. The third-order valence-electron chi connectivity index (χ3n) is 5.87. The molecule has 2 aliphatic rings. The summed E-state index contributed by atoms with van der Waals surface area (Å²) in [4.78, 5) is 37.9. The number of carbonyl (C=O) groups is 3. The maximum atomic E-state index is 15.1. The summed E-state index contributed by atoms with van der Waals surface area (Å²) in [5, 5.41) is 2.57. The fourth-order valence-corrected chi connectivity index (χ4v) is 5.51. The van der Waals surface area contributed by atoms with E-state index in [2.05, 4.69) is 5.32 Å². The molecule has 0 unspecified atom stereocenters. The average Bonchev–Trinajstić information content (AvgIpc) is 2.75. The number of amides is 2. The number of nitrogens with one attached hydrogen (secondary N) is 1. The SMILES string of the molecule is CC(C)(C)OC(=O)N1CCC(C(=O)Nc2cccc(CS(=O)(=O)N3CCC(=O)CC3)c2F)CC1. The van der Waals surface area contributed by atoms with Crippen LogP contribution in [0, 0.1) is 11.7 Å². The Morgan fingerprint density at radius 2 is 1.74 bits per heavy atom. The molecule has 0 saturated carbocycles. The number of Topliss-reactive ketones (excluding diaryl/α,β-unsaturated/α-hetero) is 1. The molecule has 2 fully saturated rings. The topological polar surface area (TPSA) is 113 Å². The molecular weight excluding hydrogens is 465 g/mol. The van der Waals surface area contributed by atoms with Crippen molar-refractivity contribution in [3.63, 3.8) is 0 Å². The Morgan fingerprint density at radius 3 is 2.32 bits per heavy atom. The van der Waals surface area contributed by atoms with Crippen LogP contribution >= 0.6 is 0 Å². The molecule has 0 aliphatic carbocycles. The van der Waals surface area contributed by atoms with Gasteiger partial charge in [-0.15, -0.1) is 0 Å². The van der Waals surface area contributed by atoms with E-state index in [4.69, 9.17) is 4.74 Å². The van der Waals surface area contributed by atoms with Gasteiger partial charge in [0.2, 0.25) is 15.9 Å². The molecule has 2 heterocycles. The summed E-state index contributed by atoms with van der Waals surface area (Å²) in [5.74, 6) is -2.11. The normalized spacial score (nSPS) is 18.6. The minimum absolute atomic E-state index is 0.0132. The third kappa shape index (κ3) is 6.75. The molecule has 0 atom stereocenters. The van der Waals surface area contributed by atoms with Crippen LogP contribution in [0.5, 0.6) is 0 Å². The van der Waals surface area contributed by atoms with Crippen LogP contribution in [0.25, 0.3) is 0 Å². The summed E-state index contributed by atoms with van der Waals surface area (Å²) in [6.07, 6.45) is 0.710. The summed E-state index contributed by atoms with van der Waals surface area (Å²) in [7, 11) is -3.80. The summed E-state index contributed by atoms with van der Waals surface area (Å²) in [6.45, 7) is 6.26. The Balaban J connectivity index is 1.59. The van der Waals surface area contributed by atoms with Gasteiger partial charge in [0.15, 0.2) is 5.82 Å². The van der Waals surface area contributed by atoms with Gasteiger partial charge in [0.05, 0.1) is 11.4 Å². The predicted molar refractivity (Wildman–Crippen MR) is 124 cm³/mol. The van der Waals surface area contributed by atoms with Gasteiger partial charge in [0.25, 0.3) is 0 Å². The number of benzene rings is 1. The van der Waals surface area contributed by atoms with Gasteiger partial charge in [-0.05, 0) is 39.7 Å². The second-order valence-electron chi connectivity index (χ2n) is 9.70. The highest BCUT2D eigenvalue weighted by atomic mass is 32.2. The fraction of sp³-hybridized carbons (Fsp3) is 0.609. The molecule has 1 aromatic carbocycles. The molecule has 2 saturated heterocycles. The highest BCUT2D eigenvalue weighted by Gasteiger charge is 2.31. The Morgan fingerprint density at radius 1 is 1.12 bits per heavy atom. The van der Waals surface area contributed by atoms with Gasteiger partial charge in [-0.25, -0.2) is 21.9 Å². The number of anilines is 1. The maximum absolute atomic E-state index is 15.1. The summed E-state index contributed by atoms with van der Waals surface area (Å²) in [6, 6.07) is 4.25. The van der Waals surface area contributed by atoms with Crippen LogP contribution in [-0.2, 0) is 30.1 Å². The van der Waals surface area contributed by atoms with Gasteiger partial charge < -0.3 is 15.0 Å². The second-order valence-corrected chi connectivity index (χ2v) is 11.7. The molecule has 2 amide bonds. The van der Waals surface area contributed by atoms with Crippen LogP contribution < -0.4 is 5.32 Å². The number of nitrogens with zero attached hydrogens (tertiary/aromatic N) is 2. The Labute approximate surface area is 199 Å². The van der Waals surface area contributed by atoms with E-state index in [0.717, 1.165) is 0 Å². The van der Waals surface area contributed by atoms with E-state index in [1.807, 2.05) is 0 Å². The number of sulfonamides is 1. The first-order chi connectivity index (χ1) is 15.9. The first-order valence-electron chi connectivity index (χ1n) is 11.4. The van der Waals surface area contributed by atoms with E-state index in [9.17, 15) is 22.8 Å². The number of likely N-dealkylation sites (tertiary alicyclic amines) is 1. The van der Waals surface area contributed by atoms with Crippen LogP contribution in [0.1, 0.15) is 52.0 Å². The first-order valence-corrected chi connectivity index (χ1v) is 13.0. The molecule has 0 aromatic heterocycles. The molecule has 1 N–H and O–H groups in total. The van der Waals surface area contributed by atoms with Gasteiger partial charge in [0.1, 0.15) is 11.4 Å². The van der Waals surface area contributed by atoms with Gasteiger partial charge in [-0.3, -0.25) is 9.59 Å². The number of halogens is 1. The minimum atomic E-state index is -3.80. The fourth-order valence-electron chi connectivity index (χ4n) is 3.97. The molecule has 3 rings (SSSR count). The number of hydrogen-bond acceptors (Lipinski definition) is 6. The molecule has 1 aromatic rings. The summed E-state index contributed by atoms with van der Waals surface area (Å²) < 4.78 is 47.0. The smallest absolute Gasteiger partial charge is 0.410 e. The molecule has 9 nitrogen and oxygen atoms in total. The van der Waals surface area contributed by atoms with E-state index >= 15 is 4.39 Å². The highest BCUT2D eigenvalue weighted by Crippen LogP contribution is 2.25. The molecule has 2 aliphatic heterocycles. The molecule has 188 valence electrons. The lowest BCUT2D eigenvalue weighted by Gasteiger charge is -2.33. The Hall–Kier alpha value is -2.53. The highest BCUT2D eigenvalue weighted by molar-refractivity contribution is 7.88. The van der Waals surface area contributed by atoms with E-state index in [-0.39, 0.29) is 48.9 Å². The predicted octanol–water partition coefficient (Wildman–Crippen LogP) is 2.91. The van der Waals surface area contributed by atoms with E-state index < -0.39 is 39.2 Å². The van der Waals surface area contributed by atoms with Crippen molar-refractivity contribution >= 4 is 33.5 Å². The van der Waals surface area contributed by atoms with Crippen molar-refractivity contribution in [1.82, 2.24) is 9.21 Å². The average molecular weight is 498 g/mol. The Kier molecular flexibility index (Phi) is 7.97. The van der Waals surface area contributed by atoms with Gasteiger partial charge in [-0.1, -0.05) is 12.1 Å². The maximum Gasteiger partial charge on any atom is 0.410 e. The van der Waals surface area contributed by atoms with Crippen molar-refractivity contribution in [2.24, 2.45) is 5.92 Å². The van der Waals surface area contributed by atoms with Crippen LogP contribution in [0.4, 0.5) is 14.9 Å². The van der Waals surface area contributed by atoms with Crippen molar-refractivity contribution in [3.05, 3.63) is 29.6 Å². The zero-order chi connectivity index (χ0) is 25.1. The number of hydrogen-bond donors (Lipinski definition) is 1. The third-order valence-corrected chi connectivity index (χ3v) is 7.69. The number of carbonyl (C=O) groups excluding carboxylic acids is 3. The standard InChI is InChI=1S/C23H32FN3O6S/c1-23(2,3)33-22(30)26-11-7-16(8-12-26)21(29)25-19-6-4-5-17(20(19)24)15-34(31,32)27-13-9-18(28)10-14-27/h4-6,16H,7-15H2,1-3H3,(H,25,29). The van der Waals surface area contributed by atoms with Gasteiger partial charge >= 0.3 is 6.09 Å². The lowest BCUT2D eigenvalue weighted by molar-refractivity contribution is -0.121. The van der Waals surface area contributed by atoms with Crippen molar-refractivity contribution in [3.8, 4) is 0 Å². The lowest BCUT2D eigenvalue weighted by atomic mass is 9.96. The summed E-state index contributed by atoms with van der Waals surface area (Å²) >= 11 is 0. The monoisotopic (exact) mass is 497 g/mol. The minimum Gasteiger partial charge on any atom is -0.444 e. The van der Waals surface area contributed by atoms with Crippen molar-refractivity contribution < 1.29 is 31.9 Å². The molecule has 11 heteroatoms. The van der Waals surface area contributed by atoms with Crippen LogP contribution in [0.15, 0.2) is 18.2 Å². The lowest BCUT2D eigenvalue weighted by Crippen LogP contribution is -2.43. The molecule has 34 heavy (non-hydrogen) atoms. The number of ketones is 1. The van der Waals surface area contributed by atoms with Crippen molar-refractivity contribution in [2.45, 2.75) is 57.8 Å². The quantitative estimate of drug-likeness (QED) is 0.669. The van der Waals surface area contributed by atoms with Crippen molar-refractivity contribution in [2.75, 3.05) is 31.5 Å². The molecular formula is C23H32FN3O6S. The Bertz CT molecular complexity index is 1040. The van der Waals surface area contributed by atoms with E-state index in [1.54, 1.807) is 25.7 Å². The zero-order valence-corrected chi connectivity index (χ0v) is 20.6. The molecule has 0 bridgehead atoms. The summed E-state index contributed by atoms with van der Waals surface area (Å²) in [5.41, 5.74) is -0.734. The van der Waals surface area contributed by atoms with Crippen molar-refractivity contribution in [1.29, 1.82) is 0 Å². The van der Waals surface area contributed by atoms with Crippen LogP contribution in [0.2, 0.25) is 0 Å². The molecule has 0 radical (unpaired) electrons. The van der Waals surface area contributed by atoms with E-state index in [1.165, 1.54) is 22.5 Å². The second kappa shape index (κ2) is 10.4. The van der Waals surface area contributed by atoms with Crippen LogP contribution in [0.3, 0.4) is 0 Å².